The monoisotopic (exact) mass is 720 g/mol. The van der Waals surface area contributed by atoms with E-state index in [9.17, 15) is 0 Å². The minimum absolute atomic E-state index is 1.01. The van der Waals surface area contributed by atoms with Crippen LogP contribution in [-0.4, -0.2) is 9.55 Å². The summed E-state index contributed by atoms with van der Waals surface area (Å²) in [6.07, 6.45) is 13.1. The van der Waals surface area contributed by atoms with Gasteiger partial charge in [0.25, 0.3) is 0 Å². The SMILES string of the molecule is CCCCCc1cc(-c2ccccc2)c2cc(-c3ccc4c(c3)CCC(c3ccc5c(c3)c3cnccc3n5-c3ccccc3)=C4)ccc2c1-c1ccccc1. The van der Waals surface area contributed by atoms with Crippen LogP contribution in [-0.2, 0) is 12.8 Å². The second-order valence-corrected chi connectivity index (χ2v) is 15.3. The second kappa shape index (κ2) is 14.6. The summed E-state index contributed by atoms with van der Waals surface area (Å²) >= 11 is 0. The number of hydrogen-bond acceptors (Lipinski definition) is 1. The van der Waals surface area contributed by atoms with Gasteiger partial charge in [-0.2, -0.15) is 0 Å². The molecule has 0 N–H and O–H groups in total. The summed E-state index contributed by atoms with van der Waals surface area (Å²) in [5, 5.41) is 5.07. The Balaban J connectivity index is 1.04. The molecule has 1 aliphatic carbocycles. The second-order valence-electron chi connectivity index (χ2n) is 15.3. The zero-order valence-corrected chi connectivity index (χ0v) is 31.9. The van der Waals surface area contributed by atoms with Crippen LogP contribution < -0.4 is 0 Å². The average Bonchev–Trinajstić information content (AvgIpc) is 3.60. The molecule has 9 aromatic rings. The molecule has 0 amide bonds. The fourth-order valence-corrected chi connectivity index (χ4v) is 9.05. The zero-order chi connectivity index (χ0) is 37.4. The zero-order valence-electron chi connectivity index (χ0n) is 31.9. The van der Waals surface area contributed by atoms with E-state index in [-0.39, 0.29) is 0 Å². The van der Waals surface area contributed by atoms with Crippen molar-refractivity contribution in [2.45, 2.75) is 45.4 Å². The number of benzene rings is 7. The van der Waals surface area contributed by atoms with Crippen molar-refractivity contribution in [1.29, 1.82) is 0 Å². The highest BCUT2D eigenvalue weighted by Crippen LogP contribution is 2.42. The standard InChI is InChI=1S/C54H44N2/c1-2-3-7-18-45-35-48(37-14-8-4-9-15-37)49-33-43(25-27-47(49)54(45)38-16-10-5-11-17-38)41-23-21-40-32-42(24-22-39(40)31-41)44-26-28-52-50(34-44)51-36-55-30-29-53(51)56(52)46-19-12-6-13-20-46/h4-6,8-17,19-21,23,25-36H,2-3,7,18,22,24H2,1H3. The van der Waals surface area contributed by atoms with Gasteiger partial charge >= 0.3 is 0 Å². The minimum Gasteiger partial charge on any atom is -0.309 e. The van der Waals surface area contributed by atoms with Gasteiger partial charge < -0.3 is 4.57 Å². The van der Waals surface area contributed by atoms with Crippen molar-refractivity contribution in [3.63, 3.8) is 0 Å². The van der Waals surface area contributed by atoms with Crippen molar-refractivity contribution in [1.82, 2.24) is 9.55 Å². The van der Waals surface area contributed by atoms with E-state index in [0.717, 1.165) is 19.3 Å². The van der Waals surface area contributed by atoms with Crippen molar-refractivity contribution in [2.24, 2.45) is 0 Å². The van der Waals surface area contributed by atoms with Gasteiger partial charge in [-0.1, -0.05) is 141 Å². The molecule has 2 heteroatoms. The Morgan fingerprint density at radius 2 is 1.23 bits per heavy atom. The molecule has 0 saturated heterocycles. The quantitative estimate of drug-likeness (QED) is 0.136. The first-order chi connectivity index (χ1) is 27.7. The summed E-state index contributed by atoms with van der Waals surface area (Å²) in [6, 6.07) is 58.5. The van der Waals surface area contributed by atoms with Crippen molar-refractivity contribution < 1.29 is 0 Å². The van der Waals surface area contributed by atoms with Crippen molar-refractivity contribution in [3.05, 3.63) is 192 Å². The molecule has 0 saturated carbocycles. The number of hydrogen-bond donors (Lipinski definition) is 0. The van der Waals surface area contributed by atoms with Gasteiger partial charge in [0.1, 0.15) is 0 Å². The molecule has 10 rings (SSSR count). The normalized spacial score (nSPS) is 12.6. The molecule has 0 spiro atoms. The third kappa shape index (κ3) is 6.12. The van der Waals surface area contributed by atoms with Crippen LogP contribution in [0.1, 0.15) is 54.9 Å². The van der Waals surface area contributed by atoms with Crippen molar-refractivity contribution in [3.8, 4) is 39.1 Å². The first kappa shape index (κ1) is 34.0. The predicted octanol–water partition coefficient (Wildman–Crippen LogP) is 14.6. The van der Waals surface area contributed by atoms with Gasteiger partial charge in [-0.15, -0.1) is 0 Å². The molecule has 0 aliphatic heterocycles. The van der Waals surface area contributed by atoms with Gasteiger partial charge in [0, 0.05) is 28.9 Å². The van der Waals surface area contributed by atoms with E-state index >= 15 is 0 Å². The summed E-state index contributed by atoms with van der Waals surface area (Å²) < 4.78 is 2.35. The summed E-state index contributed by atoms with van der Waals surface area (Å²) in [7, 11) is 0. The van der Waals surface area contributed by atoms with E-state index in [1.54, 1.807) is 0 Å². The van der Waals surface area contributed by atoms with Crippen LogP contribution in [0.2, 0.25) is 0 Å². The number of fused-ring (bicyclic) bond motifs is 5. The number of allylic oxidation sites excluding steroid dienone is 1. The van der Waals surface area contributed by atoms with Gasteiger partial charge in [-0.25, -0.2) is 0 Å². The summed E-state index contributed by atoms with van der Waals surface area (Å²) in [5.74, 6) is 0. The Morgan fingerprint density at radius 3 is 2.04 bits per heavy atom. The van der Waals surface area contributed by atoms with Crippen LogP contribution in [0, 0.1) is 0 Å². The van der Waals surface area contributed by atoms with Crippen molar-refractivity contribution >= 4 is 44.2 Å². The molecule has 7 aromatic carbocycles. The predicted molar refractivity (Wildman–Crippen MR) is 238 cm³/mol. The molecule has 0 atom stereocenters. The minimum atomic E-state index is 1.01. The summed E-state index contributed by atoms with van der Waals surface area (Å²) in [5.41, 5.74) is 18.2. The maximum absolute atomic E-state index is 4.52. The van der Waals surface area contributed by atoms with Crippen LogP contribution in [0.3, 0.4) is 0 Å². The van der Waals surface area contributed by atoms with Gasteiger partial charge in [-0.3, -0.25) is 4.98 Å². The average molecular weight is 721 g/mol. The molecule has 270 valence electrons. The Labute approximate surface area is 329 Å². The van der Waals surface area contributed by atoms with Crippen LogP contribution in [0.25, 0.3) is 83.3 Å². The Bertz CT molecular complexity index is 2900. The number of unbranched alkanes of at least 4 members (excludes halogenated alkanes) is 2. The Kier molecular flexibility index (Phi) is 8.88. The molecule has 0 radical (unpaired) electrons. The van der Waals surface area contributed by atoms with E-state index in [0.29, 0.717) is 0 Å². The number of nitrogens with zero attached hydrogens (tertiary/aromatic N) is 2. The Morgan fingerprint density at radius 1 is 0.536 bits per heavy atom. The molecule has 2 heterocycles. The van der Waals surface area contributed by atoms with E-state index < -0.39 is 0 Å². The van der Waals surface area contributed by atoms with E-state index in [1.165, 1.54) is 119 Å². The number of para-hydroxylation sites is 1. The van der Waals surface area contributed by atoms with Crippen LogP contribution in [0.15, 0.2) is 170 Å². The fourth-order valence-electron chi connectivity index (χ4n) is 9.05. The third-order valence-corrected chi connectivity index (χ3v) is 11.8. The van der Waals surface area contributed by atoms with E-state index in [1.807, 2.05) is 12.4 Å². The highest BCUT2D eigenvalue weighted by atomic mass is 15.0. The lowest BCUT2D eigenvalue weighted by Crippen LogP contribution is -2.00. The molecule has 2 aromatic heterocycles. The molecule has 56 heavy (non-hydrogen) atoms. The van der Waals surface area contributed by atoms with Gasteiger partial charge in [0.05, 0.1) is 11.0 Å². The highest BCUT2D eigenvalue weighted by molar-refractivity contribution is 6.10. The lowest BCUT2D eigenvalue weighted by molar-refractivity contribution is 0.718. The van der Waals surface area contributed by atoms with Crippen LogP contribution in [0.4, 0.5) is 0 Å². The Hall–Kier alpha value is -6.51. The summed E-state index contributed by atoms with van der Waals surface area (Å²) in [4.78, 5) is 4.52. The smallest absolute Gasteiger partial charge is 0.0571 e. The van der Waals surface area contributed by atoms with Gasteiger partial charge in [-0.05, 0) is 140 Å². The third-order valence-electron chi connectivity index (χ3n) is 11.8. The van der Waals surface area contributed by atoms with Gasteiger partial charge in [0.2, 0.25) is 0 Å². The maximum atomic E-state index is 4.52. The molecule has 0 bridgehead atoms. The maximum Gasteiger partial charge on any atom is 0.0571 e. The molecule has 2 nitrogen and oxygen atoms in total. The van der Waals surface area contributed by atoms with Crippen molar-refractivity contribution in [2.75, 3.05) is 0 Å². The fraction of sp³-hybridized carbons (Fsp3) is 0.130. The molecule has 0 unspecified atom stereocenters. The van der Waals surface area contributed by atoms with Crippen LogP contribution in [0.5, 0.6) is 0 Å². The first-order valence-electron chi connectivity index (χ1n) is 20.2. The lowest BCUT2D eigenvalue weighted by atomic mass is 9.84. The van der Waals surface area contributed by atoms with Crippen LogP contribution >= 0.6 is 0 Å². The van der Waals surface area contributed by atoms with E-state index in [2.05, 4.69) is 180 Å². The highest BCUT2D eigenvalue weighted by Gasteiger charge is 2.19. The van der Waals surface area contributed by atoms with E-state index in [4.69, 9.17) is 0 Å². The first-order valence-corrected chi connectivity index (χ1v) is 20.2. The topological polar surface area (TPSA) is 17.8 Å². The molecule has 0 fully saturated rings. The summed E-state index contributed by atoms with van der Waals surface area (Å²) in [6.45, 7) is 2.29. The lowest BCUT2D eigenvalue weighted by Gasteiger charge is -2.20. The number of pyridine rings is 1. The number of rotatable bonds is 9. The number of aromatic nitrogens is 2. The largest absolute Gasteiger partial charge is 0.309 e. The number of aryl methyl sites for hydroxylation is 2. The molecular formula is C54H44N2. The van der Waals surface area contributed by atoms with Gasteiger partial charge in [0.15, 0.2) is 0 Å². The molecule has 1 aliphatic rings. The molecular weight excluding hydrogens is 677 g/mol.